The summed E-state index contributed by atoms with van der Waals surface area (Å²) in [5.74, 6) is 0. The van der Waals surface area contributed by atoms with Crippen molar-refractivity contribution >= 4 is 21.6 Å². The summed E-state index contributed by atoms with van der Waals surface area (Å²) >= 11 is 2.79. The number of nitro groups is 1. The SMILES string of the molecule is NCc1c([N+](=O)[O-])cc(Br)cc1C(F)(F)F. The smallest absolute Gasteiger partial charge is 0.326 e. The lowest BCUT2D eigenvalue weighted by molar-refractivity contribution is -0.385. The van der Waals surface area contributed by atoms with E-state index in [2.05, 4.69) is 15.9 Å². The molecule has 1 aromatic rings. The Bertz CT molecular complexity index is 434. The zero-order valence-electron chi connectivity index (χ0n) is 7.71. The summed E-state index contributed by atoms with van der Waals surface area (Å²) in [6.45, 7) is -0.543. The van der Waals surface area contributed by atoms with Gasteiger partial charge in [-0.1, -0.05) is 15.9 Å². The molecule has 0 aliphatic heterocycles. The van der Waals surface area contributed by atoms with Crippen molar-refractivity contribution < 1.29 is 18.1 Å². The van der Waals surface area contributed by atoms with Crippen LogP contribution >= 0.6 is 15.9 Å². The first-order valence-corrected chi connectivity index (χ1v) is 4.80. The summed E-state index contributed by atoms with van der Waals surface area (Å²) in [7, 11) is 0. The zero-order chi connectivity index (χ0) is 12.5. The van der Waals surface area contributed by atoms with E-state index < -0.39 is 34.5 Å². The summed E-state index contributed by atoms with van der Waals surface area (Å²) in [6, 6.07) is 1.77. The molecule has 0 saturated carbocycles. The third-order valence-electron chi connectivity index (χ3n) is 1.90. The second-order valence-corrected chi connectivity index (χ2v) is 3.83. The van der Waals surface area contributed by atoms with Gasteiger partial charge in [-0.25, -0.2) is 0 Å². The maximum atomic E-state index is 12.6. The molecule has 0 amide bonds. The minimum absolute atomic E-state index is 0.0104. The lowest BCUT2D eigenvalue weighted by Gasteiger charge is -2.12. The van der Waals surface area contributed by atoms with Crippen molar-refractivity contribution in [2.24, 2.45) is 5.73 Å². The maximum absolute atomic E-state index is 12.6. The van der Waals surface area contributed by atoms with Crippen molar-refractivity contribution in [3.63, 3.8) is 0 Å². The highest BCUT2D eigenvalue weighted by Crippen LogP contribution is 2.37. The molecule has 0 aliphatic carbocycles. The molecule has 4 nitrogen and oxygen atoms in total. The van der Waals surface area contributed by atoms with Crippen LogP contribution < -0.4 is 5.73 Å². The average Bonchev–Trinajstić information content (AvgIpc) is 2.14. The molecule has 0 atom stereocenters. The fraction of sp³-hybridized carbons (Fsp3) is 0.250. The van der Waals surface area contributed by atoms with Gasteiger partial charge in [-0.05, 0) is 6.07 Å². The van der Waals surface area contributed by atoms with Crippen LogP contribution in [0.1, 0.15) is 11.1 Å². The molecule has 0 spiro atoms. The highest BCUT2D eigenvalue weighted by atomic mass is 79.9. The standard InChI is InChI=1S/C8H6BrF3N2O2/c9-4-1-6(8(10,11)12)5(3-13)7(2-4)14(15)16/h1-2H,3,13H2. The van der Waals surface area contributed by atoms with Gasteiger partial charge in [0.15, 0.2) is 0 Å². The van der Waals surface area contributed by atoms with Gasteiger partial charge in [0, 0.05) is 17.1 Å². The molecular weight excluding hydrogens is 293 g/mol. The van der Waals surface area contributed by atoms with Gasteiger partial charge >= 0.3 is 6.18 Å². The molecule has 0 aliphatic rings. The number of rotatable bonds is 2. The molecule has 1 aromatic carbocycles. The van der Waals surface area contributed by atoms with Crippen LogP contribution in [0.4, 0.5) is 18.9 Å². The van der Waals surface area contributed by atoms with E-state index in [1.807, 2.05) is 0 Å². The summed E-state index contributed by atoms with van der Waals surface area (Å²) in [6.07, 6.45) is -4.66. The second kappa shape index (κ2) is 4.38. The number of benzene rings is 1. The molecule has 0 saturated heterocycles. The molecule has 0 bridgehead atoms. The lowest BCUT2D eigenvalue weighted by Crippen LogP contribution is -2.14. The summed E-state index contributed by atoms with van der Waals surface area (Å²) < 4.78 is 37.7. The van der Waals surface area contributed by atoms with Gasteiger partial charge in [0.25, 0.3) is 5.69 Å². The number of nitrogens with two attached hydrogens (primary N) is 1. The molecule has 1 rings (SSSR count). The van der Waals surface area contributed by atoms with Gasteiger partial charge in [0.05, 0.1) is 16.1 Å². The van der Waals surface area contributed by atoms with Crippen LogP contribution in [0.15, 0.2) is 16.6 Å². The Kier molecular flexibility index (Phi) is 3.54. The fourth-order valence-corrected chi connectivity index (χ4v) is 1.70. The first-order valence-electron chi connectivity index (χ1n) is 4.01. The van der Waals surface area contributed by atoms with Crippen LogP contribution in [0.3, 0.4) is 0 Å². The van der Waals surface area contributed by atoms with E-state index in [4.69, 9.17) is 5.73 Å². The van der Waals surface area contributed by atoms with Crippen LogP contribution in [0.5, 0.6) is 0 Å². The average molecular weight is 299 g/mol. The van der Waals surface area contributed by atoms with E-state index in [9.17, 15) is 23.3 Å². The minimum Gasteiger partial charge on any atom is -0.326 e. The second-order valence-electron chi connectivity index (χ2n) is 2.91. The number of nitrogens with zero attached hydrogens (tertiary/aromatic N) is 1. The van der Waals surface area contributed by atoms with Gasteiger partial charge in [0.2, 0.25) is 0 Å². The molecule has 0 aromatic heterocycles. The molecule has 8 heteroatoms. The van der Waals surface area contributed by atoms with Crippen molar-refractivity contribution in [1.82, 2.24) is 0 Å². The van der Waals surface area contributed by atoms with E-state index in [-0.39, 0.29) is 4.47 Å². The van der Waals surface area contributed by atoms with Gasteiger partial charge < -0.3 is 5.73 Å². The first kappa shape index (κ1) is 12.9. The molecule has 0 radical (unpaired) electrons. The van der Waals surface area contributed by atoms with E-state index in [1.54, 1.807) is 0 Å². The Labute approximate surface area is 96.5 Å². The largest absolute Gasteiger partial charge is 0.417 e. The van der Waals surface area contributed by atoms with Crippen LogP contribution in [-0.2, 0) is 12.7 Å². The maximum Gasteiger partial charge on any atom is 0.417 e. The minimum atomic E-state index is -4.66. The van der Waals surface area contributed by atoms with E-state index in [0.717, 1.165) is 12.1 Å². The normalized spacial score (nSPS) is 11.6. The Morgan fingerprint density at radius 1 is 1.44 bits per heavy atom. The van der Waals surface area contributed by atoms with E-state index in [1.165, 1.54) is 0 Å². The van der Waals surface area contributed by atoms with Crippen LogP contribution in [-0.4, -0.2) is 4.92 Å². The van der Waals surface area contributed by atoms with Gasteiger partial charge in [0.1, 0.15) is 0 Å². The van der Waals surface area contributed by atoms with Gasteiger partial charge in [-0.2, -0.15) is 13.2 Å². The third-order valence-corrected chi connectivity index (χ3v) is 2.36. The Morgan fingerprint density at radius 2 is 2.00 bits per heavy atom. The quantitative estimate of drug-likeness (QED) is 0.674. The van der Waals surface area contributed by atoms with Crippen molar-refractivity contribution in [3.8, 4) is 0 Å². The summed E-state index contributed by atoms with van der Waals surface area (Å²) in [5.41, 5.74) is 2.88. The summed E-state index contributed by atoms with van der Waals surface area (Å²) in [5, 5.41) is 10.6. The number of hydrogen-bond donors (Lipinski definition) is 1. The Hall–Kier alpha value is -1.15. The van der Waals surface area contributed by atoms with Gasteiger partial charge in [-0.15, -0.1) is 0 Å². The first-order chi connectivity index (χ1) is 7.27. The lowest BCUT2D eigenvalue weighted by atomic mass is 10.1. The molecule has 88 valence electrons. The zero-order valence-corrected chi connectivity index (χ0v) is 9.30. The van der Waals surface area contributed by atoms with Crippen LogP contribution in [0.25, 0.3) is 0 Å². The Morgan fingerprint density at radius 3 is 2.38 bits per heavy atom. The van der Waals surface area contributed by atoms with Crippen LogP contribution in [0.2, 0.25) is 0 Å². The highest BCUT2D eigenvalue weighted by molar-refractivity contribution is 9.10. The number of halogens is 4. The third kappa shape index (κ3) is 2.50. The van der Waals surface area contributed by atoms with Crippen molar-refractivity contribution in [2.75, 3.05) is 0 Å². The molecule has 0 fully saturated rings. The fourth-order valence-electron chi connectivity index (χ4n) is 1.25. The monoisotopic (exact) mass is 298 g/mol. The molecule has 16 heavy (non-hydrogen) atoms. The molecular formula is C8H6BrF3N2O2. The van der Waals surface area contributed by atoms with Crippen molar-refractivity contribution in [2.45, 2.75) is 12.7 Å². The van der Waals surface area contributed by atoms with Crippen LogP contribution in [0, 0.1) is 10.1 Å². The topological polar surface area (TPSA) is 69.2 Å². The summed E-state index contributed by atoms with van der Waals surface area (Å²) in [4.78, 5) is 9.69. The number of hydrogen-bond acceptors (Lipinski definition) is 3. The van der Waals surface area contributed by atoms with E-state index in [0.29, 0.717) is 0 Å². The number of nitro benzene ring substituents is 1. The molecule has 2 N–H and O–H groups in total. The van der Waals surface area contributed by atoms with E-state index >= 15 is 0 Å². The Balaban J connectivity index is 3.55. The van der Waals surface area contributed by atoms with Crippen molar-refractivity contribution in [3.05, 3.63) is 37.8 Å². The molecule has 0 unspecified atom stereocenters. The molecule has 0 heterocycles. The number of alkyl halides is 3. The highest BCUT2D eigenvalue weighted by Gasteiger charge is 2.36. The van der Waals surface area contributed by atoms with Gasteiger partial charge in [-0.3, -0.25) is 10.1 Å². The van der Waals surface area contributed by atoms with Crippen molar-refractivity contribution in [1.29, 1.82) is 0 Å². The predicted molar refractivity (Wildman–Crippen MR) is 53.7 cm³/mol. The predicted octanol–water partition coefficient (Wildman–Crippen LogP) is 2.83.